The maximum Gasteiger partial charge on any atom is 0.419 e. The van der Waals surface area contributed by atoms with Gasteiger partial charge in [-0.1, -0.05) is 12.1 Å². The summed E-state index contributed by atoms with van der Waals surface area (Å²) >= 11 is 0. The Kier molecular flexibility index (Phi) is 5.71. The molecule has 0 saturated carbocycles. The number of nitrogens with one attached hydrogen (secondary N) is 1. The summed E-state index contributed by atoms with van der Waals surface area (Å²) in [6, 6.07) is 6.29. The molecule has 154 valence electrons. The van der Waals surface area contributed by atoms with Gasteiger partial charge in [-0.3, -0.25) is 4.79 Å². The summed E-state index contributed by atoms with van der Waals surface area (Å²) in [7, 11) is 0. The zero-order chi connectivity index (χ0) is 21.2. The predicted molar refractivity (Wildman–Crippen MR) is 98.5 cm³/mol. The van der Waals surface area contributed by atoms with Crippen molar-refractivity contribution in [3.05, 3.63) is 53.1 Å². The summed E-state index contributed by atoms with van der Waals surface area (Å²) in [5.41, 5.74) is 0.783. The Balaban J connectivity index is 1.58. The van der Waals surface area contributed by atoms with Crippen molar-refractivity contribution in [2.75, 3.05) is 6.61 Å². The van der Waals surface area contributed by atoms with Crippen LogP contribution in [0.1, 0.15) is 29.7 Å². The average Bonchev–Trinajstić information content (AvgIpc) is 3.01. The minimum absolute atomic E-state index is 0.0780. The lowest BCUT2D eigenvalue weighted by molar-refractivity contribution is -0.139. The smallest absolute Gasteiger partial charge is 0.419 e. The van der Waals surface area contributed by atoms with Gasteiger partial charge in [-0.25, -0.2) is 9.50 Å². The Morgan fingerprint density at radius 1 is 1.24 bits per heavy atom. The maximum atomic E-state index is 13.0. The molecule has 0 fully saturated rings. The monoisotopic (exact) mass is 407 g/mol. The van der Waals surface area contributed by atoms with Gasteiger partial charge in [0.2, 0.25) is 5.91 Å². The average molecular weight is 407 g/mol. The number of hydrogen-bond acceptors (Lipinski definition) is 5. The molecule has 2 heterocycles. The number of benzene rings is 1. The molecule has 7 nitrogen and oxygen atoms in total. The van der Waals surface area contributed by atoms with E-state index in [1.807, 2.05) is 19.9 Å². The Labute approximate surface area is 164 Å². The van der Waals surface area contributed by atoms with Gasteiger partial charge in [-0.15, -0.1) is 5.10 Å². The molecule has 0 saturated heterocycles. The second-order valence-electron chi connectivity index (χ2n) is 6.73. The molecular weight excluding hydrogens is 387 g/mol. The van der Waals surface area contributed by atoms with E-state index in [9.17, 15) is 18.0 Å². The first kappa shape index (κ1) is 20.6. The number of fused-ring (bicyclic) bond motifs is 1. The lowest BCUT2D eigenvalue weighted by Gasteiger charge is -2.17. The third-order valence-corrected chi connectivity index (χ3v) is 4.07. The number of carbonyl (C=O) groups excluding carboxylic acids is 1. The summed E-state index contributed by atoms with van der Waals surface area (Å²) in [5.74, 6) is 0.0696. The Hall–Kier alpha value is -3.17. The van der Waals surface area contributed by atoms with Gasteiger partial charge >= 0.3 is 6.18 Å². The van der Waals surface area contributed by atoms with Gasteiger partial charge in [0.25, 0.3) is 5.78 Å². The van der Waals surface area contributed by atoms with Crippen LogP contribution in [-0.2, 0) is 17.4 Å². The minimum Gasteiger partial charge on any atom is -0.491 e. The minimum atomic E-state index is -4.51. The van der Waals surface area contributed by atoms with E-state index < -0.39 is 17.8 Å². The zero-order valence-electron chi connectivity index (χ0n) is 16.1. The second kappa shape index (κ2) is 8.06. The van der Waals surface area contributed by atoms with Gasteiger partial charge in [0, 0.05) is 11.4 Å². The van der Waals surface area contributed by atoms with Crippen LogP contribution in [0.5, 0.6) is 5.75 Å². The van der Waals surface area contributed by atoms with E-state index in [2.05, 4.69) is 20.4 Å². The van der Waals surface area contributed by atoms with Gasteiger partial charge in [0.1, 0.15) is 12.4 Å². The van der Waals surface area contributed by atoms with Crippen LogP contribution < -0.4 is 10.1 Å². The summed E-state index contributed by atoms with van der Waals surface area (Å²) in [6.07, 6.45) is -4.59. The van der Waals surface area contributed by atoms with E-state index in [0.717, 1.165) is 17.5 Å². The number of ether oxygens (including phenoxy) is 1. The third kappa shape index (κ3) is 5.01. The molecule has 2 aromatic heterocycles. The Morgan fingerprint density at radius 3 is 2.69 bits per heavy atom. The first-order valence-corrected chi connectivity index (χ1v) is 8.92. The van der Waals surface area contributed by atoms with Crippen LogP contribution in [0, 0.1) is 13.8 Å². The summed E-state index contributed by atoms with van der Waals surface area (Å²) < 4.78 is 45.8. The molecule has 1 atom stereocenters. The number of aromatic nitrogens is 4. The van der Waals surface area contributed by atoms with Crippen molar-refractivity contribution >= 4 is 11.7 Å². The highest BCUT2D eigenvalue weighted by atomic mass is 19.4. The molecule has 1 aromatic carbocycles. The number of nitrogens with zero attached hydrogens (tertiary/aromatic N) is 4. The fraction of sp³-hybridized carbons (Fsp3) is 0.368. The Morgan fingerprint density at radius 2 is 1.97 bits per heavy atom. The van der Waals surface area contributed by atoms with Crippen molar-refractivity contribution < 1.29 is 22.7 Å². The van der Waals surface area contributed by atoms with E-state index in [0.29, 0.717) is 11.6 Å². The molecule has 0 spiro atoms. The van der Waals surface area contributed by atoms with Crippen molar-refractivity contribution in [1.29, 1.82) is 0 Å². The normalized spacial score (nSPS) is 12.8. The van der Waals surface area contributed by atoms with E-state index >= 15 is 0 Å². The molecule has 29 heavy (non-hydrogen) atoms. The van der Waals surface area contributed by atoms with Gasteiger partial charge < -0.3 is 10.1 Å². The number of aryl methyl sites for hydroxylation is 2. The number of para-hydroxylation sites is 1. The number of carbonyl (C=O) groups is 1. The number of hydrogen-bond donors (Lipinski definition) is 1. The van der Waals surface area contributed by atoms with E-state index in [-0.39, 0.29) is 24.7 Å². The highest BCUT2D eigenvalue weighted by molar-refractivity contribution is 5.78. The number of halogens is 3. The van der Waals surface area contributed by atoms with Crippen molar-refractivity contribution in [3.63, 3.8) is 0 Å². The molecule has 3 aromatic rings. The predicted octanol–water partition coefficient (Wildman–Crippen LogP) is 2.89. The van der Waals surface area contributed by atoms with E-state index in [1.54, 1.807) is 11.4 Å². The largest absolute Gasteiger partial charge is 0.491 e. The van der Waals surface area contributed by atoms with Crippen LogP contribution in [0.4, 0.5) is 13.2 Å². The molecule has 1 amide bonds. The van der Waals surface area contributed by atoms with Gasteiger partial charge in [0.15, 0.2) is 5.82 Å². The topological polar surface area (TPSA) is 81.4 Å². The molecule has 0 aliphatic carbocycles. The van der Waals surface area contributed by atoms with Gasteiger partial charge in [-0.05, 0) is 39.0 Å². The maximum absolute atomic E-state index is 13.0. The number of alkyl halides is 3. The molecular formula is C19H20F3N5O2. The molecule has 0 aliphatic heterocycles. The first-order valence-electron chi connectivity index (χ1n) is 8.92. The van der Waals surface area contributed by atoms with Crippen LogP contribution in [0.2, 0.25) is 0 Å². The van der Waals surface area contributed by atoms with Crippen LogP contribution in [-0.4, -0.2) is 38.1 Å². The fourth-order valence-electron chi connectivity index (χ4n) is 2.84. The molecule has 1 N–H and O–H groups in total. The number of amides is 1. The first-order chi connectivity index (χ1) is 13.6. The van der Waals surface area contributed by atoms with Crippen molar-refractivity contribution in [2.24, 2.45) is 0 Å². The van der Waals surface area contributed by atoms with Crippen molar-refractivity contribution in [2.45, 2.75) is 39.4 Å². The highest BCUT2D eigenvalue weighted by Gasteiger charge is 2.34. The van der Waals surface area contributed by atoms with Crippen LogP contribution >= 0.6 is 0 Å². The molecule has 0 aliphatic rings. The SMILES string of the molecule is Cc1cc(C)n2nc(CC(=O)NC(C)COc3ccccc3C(F)(F)F)nc2n1. The molecule has 10 heteroatoms. The summed E-state index contributed by atoms with van der Waals surface area (Å²) in [5, 5.41) is 6.93. The highest BCUT2D eigenvalue weighted by Crippen LogP contribution is 2.35. The van der Waals surface area contributed by atoms with Gasteiger partial charge in [-0.2, -0.15) is 18.2 Å². The molecule has 1 unspecified atom stereocenters. The summed E-state index contributed by atoms with van der Waals surface area (Å²) in [6.45, 7) is 5.22. The quantitative estimate of drug-likeness (QED) is 0.680. The summed E-state index contributed by atoms with van der Waals surface area (Å²) in [4.78, 5) is 20.7. The van der Waals surface area contributed by atoms with Crippen molar-refractivity contribution in [3.8, 4) is 5.75 Å². The number of rotatable bonds is 6. The third-order valence-electron chi connectivity index (χ3n) is 4.07. The van der Waals surface area contributed by atoms with E-state index in [4.69, 9.17) is 4.74 Å². The van der Waals surface area contributed by atoms with Crippen LogP contribution in [0.15, 0.2) is 30.3 Å². The lowest BCUT2D eigenvalue weighted by atomic mass is 10.2. The standard InChI is InChI=1S/C19H20F3N5O2/c1-11-8-13(3)27-18(24-11)25-16(26-27)9-17(28)23-12(2)10-29-15-7-5-4-6-14(15)19(20,21)22/h4-8,12H,9-10H2,1-3H3,(H,23,28). The molecule has 3 rings (SSSR count). The zero-order valence-corrected chi connectivity index (χ0v) is 16.1. The Bertz CT molecular complexity index is 1030. The van der Waals surface area contributed by atoms with Crippen LogP contribution in [0.25, 0.3) is 5.78 Å². The lowest BCUT2D eigenvalue weighted by Crippen LogP contribution is -2.38. The van der Waals surface area contributed by atoms with Crippen molar-refractivity contribution in [1.82, 2.24) is 24.9 Å². The molecule has 0 radical (unpaired) electrons. The van der Waals surface area contributed by atoms with Crippen LogP contribution in [0.3, 0.4) is 0 Å². The second-order valence-corrected chi connectivity index (χ2v) is 6.73. The molecule has 0 bridgehead atoms. The van der Waals surface area contributed by atoms with Gasteiger partial charge in [0.05, 0.1) is 18.0 Å². The van der Waals surface area contributed by atoms with E-state index in [1.165, 1.54) is 18.2 Å². The fourth-order valence-corrected chi connectivity index (χ4v) is 2.84.